The normalized spacial score (nSPS) is 11.7. The van der Waals surface area contributed by atoms with Gasteiger partial charge in [-0.25, -0.2) is 0 Å². The van der Waals surface area contributed by atoms with E-state index in [4.69, 9.17) is 4.74 Å². The first kappa shape index (κ1) is 15.0. The van der Waals surface area contributed by atoms with Crippen LogP contribution in [0.15, 0.2) is 79.0 Å². The molecule has 23 heavy (non-hydrogen) atoms. The van der Waals surface area contributed by atoms with Crippen LogP contribution < -0.4 is 4.74 Å². The highest BCUT2D eigenvalue weighted by Gasteiger charge is 2.24. The average Bonchev–Trinajstić information content (AvgIpc) is 2.64. The molecule has 3 nitrogen and oxygen atoms in total. The molecule has 0 fully saturated rings. The number of ether oxygens (including phenoxy) is 1. The fourth-order valence-corrected chi connectivity index (χ4v) is 2.57. The largest absolute Gasteiger partial charge is 0.497 e. The second-order valence-corrected chi connectivity index (χ2v) is 5.19. The van der Waals surface area contributed by atoms with Crippen molar-refractivity contribution in [2.75, 3.05) is 7.11 Å². The number of methoxy groups -OCH3 is 1. The Balaban J connectivity index is 2.02. The van der Waals surface area contributed by atoms with E-state index in [1.807, 2.05) is 48.5 Å². The maximum atomic E-state index is 13.1. The lowest BCUT2D eigenvalue weighted by molar-refractivity contribution is 0.0972. The molecule has 0 spiro atoms. The number of carbonyl (C=O) groups is 1. The SMILES string of the molecule is COc1ccc(C(=O)[C@H](c2ccccc2)c2ccccn2)cc1. The van der Waals surface area contributed by atoms with E-state index in [2.05, 4.69) is 4.98 Å². The van der Waals surface area contributed by atoms with E-state index in [1.165, 1.54) is 0 Å². The lowest BCUT2D eigenvalue weighted by Crippen LogP contribution is -2.15. The predicted octanol–water partition coefficient (Wildman–Crippen LogP) is 4.11. The van der Waals surface area contributed by atoms with Crippen LogP contribution in [0.3, 0.4) is 0 Å². The minimum absolute atomic E-state index is 0.0255. The number of ketones is 1. The summed E-state index contributed by atoms with van der Waals surface area (Å²) < 4.78 is 5.16. The van der Waals surface area contributed by atoms with E-state index in [1.54, 1.807) is 37.6 Å². The van der Waals surface area contributed by atoms with Crippen molar-refractivity contribution in [1.29, 1.82) is 0 Å². The number of pyridine rings is 1. The van der Waals surface area contributed by atoms with Crippen LogP contribution in [0.5, 0.6) is 5.75 Å². The first-order valence-corrected chi connectivity index (χ1v) is 7.44. The molecular weight excluding hydrogens is 286 g/mol. The average molecular weight is 303 g/mol. The van der Waals surface area contributed by atoms with Crippen LogP contribution in [0.4, 0.5) is 0 Å². The zero-order valence-corrected chi connectivity index (χ0v) is 12.8. The van der Waals surface area contributed by atoms with E-state index in [0.29, 0.717) is 5.56 Å². The van der Waals surface area contributed by atoms with Crippen LogP contribution in [0, 0.1) is 0 Å². The summed E-state index contributed by atoms with van der Waals surface area (Å²) >= 11 is 0. The van der Waals surface area contributed by atoms with Gasteiger partial charge in [0.25, 0.3) is 0 Å². The van der Waals surface area contributed by atoms with Crippen LogP contribution in [0.1, 0.15) is 27.5 Å². The van der Waals surface area contributed by atoms with Crippen LogP contribution in [0.25, 0.3) is 0 Å². The number of hydrogen-bond donors (Lipinski definition) is 0. The molecule has 0 unspecified atom stereocenters. The minimum Gasteiger partial charge on any atom is -0.497 e. The first-order chi connectivity index (χ1) is 11.3. The number of rotatable bonds is 5. The van der Waals surface area contributed by atoms with Crippen LogP contribution in [0.2, 0.25) is 0 Å². The number of hydrogen-bond acceptors (Lipinski definition) is 3. The fourth-order valence-electron chi connectivity index (χ4n) is 2.57. The molecule has 114 valence electrons. The molecule has 3 rings (SSSR count). The summed E-state index contributed by atoms with van der Waals surface area (Å²) in [6, 6.07) is 22.6. The summed E-state index contributed by atoms with van der Waals surface area (Å²) in [4.78, 5) is 17.5. The smallest absolute Gasteiger partial charge is 0.176 e. The highest BCUT2D eigenvalue weighted by atomic mass is 16.5. The van der Waals surface area contributed by atoms with Gasteiger partial charge in [0, 0.05) is 11.8 Å². The van der Waals surface area contributed by atoms with Crippen molar-refractivity contribution < 1.29 is 9.53 Å². The summed E-state index contributed by atoms with van der Waals surface area (Å²) in [5.74, 6) is 0.346. The molecule has 2 aromatic carbocycles. The lowest BCUT2D eigenvalue weighted by atomic mass is 9.87. The van der Waals surface area contributed by atoms with Crippen molar-refractivity contribution in [3.8, 4) is 5.75 Å². The number of aromatic nitrogens is 1. The van der Waals surface area contributed by atoms with E-state index in [9.17, 15) is 4.79 Å². The van der Waals surface area contributed by atoms with Gasteiger partial charge < -0.3 is 4.74 Å². The maximum Gasteiger partial charge on any atom is 0.176 e. The lowest BCUT2D eigenvalue weighted by Gasteiger charge is -2.16. The second-order valence-electron chi connectivity index (χ2n) is 5.19. The van der Waals surface area contributed by atoms with Gasteiger partial charge in [-0.05, 0) is 42.0 Å². The quantitative estimate of drug-likeness (QED) is 0.666. The third kappa shape index (κ3) is 3.29. The highest BCUT2D eigenvalue weighted by Crippen LogP contribution is 2.27. The third-order valence-corrected chi connectivity index (χ3v) is 3.75. The van der Waals surface area contributed by atoms with E-state index in [-0.39, 0.29) is 5.78 Å². The number of benzene rings is 2. The molecule has 0 aliphatic carbocycles. The van der Waals surface area contributed by atoms with Gasteiger partial charge >= 0.3 is 0 Å². The Bertz CT molecular complexity index is 728. The van der Waals surface area contributed by atoms with Crippen molar-refractivity contribution in [3.05, 3.63) is 95.8 Å². The van der Waals surface area contributed by atoms with E-state index < -0.39 is 5.92 Å². The number of Topliss-reactive ketones (excluding diaryl/α,β-unsaturated/α-hetero) is 1. The molecule has 1 atom stereocenters. The third-order valence-electron chi connectivity index (χ3n) is 3.75. The Morgan fingerprint density at radius 3 is 2.22 bits per heavy atom. The van der Waals surface area contributed by atoms with Gasteiger partial charge in [0.05, 0.1) is 18.7 Å². The van der Waals surface area contributed by atoms with Crippen molar-refractivity contribution >= 4 is 5.78 Å². The summed E-state index contributed by atoms with van der Waals surface area (Å²) in [6.45, 7) is 0. The topological polar surface area (TPSA) is 39.2 Å². The van der Waals surface area contributed by atoms with Crippen LogP contribution >= 0.6 is 0 Å². The Labute approximate surface area is 135 Å². The summed E-state index contributed by atoms with van der Waals surface area (Å²) in [7, 11) is 1.61. The zero-order chi connectivity index (χ0) is 16.1. The van der Waals surface area contributed by atoms with Crippen LogP contribution in [-0.4, -0.2) is 17.9 Å². The van der Waals surface area contributed by atoms with Gasteiger partial charge in [0.2, 0.25) is 0 Å². The predicted molar refractivity (Wildman–Crippen MR) is 89.8 cm³/mol. The fraction of sp³-hybridized carbons (Fsp3) is 0.100. The molecular formula is C20H17NO2. The molecule has 0 aliphatic heterocycles. The molecule has 0 saturated heterocycles. The molecule has 0 radical (unpaired) electrons. The van der Waals surface area contributed by atoms with Gasteiger partial charge in [-0.1, -0.05) is 36.4 Å². The molecule has 3 heteroatoms. The van der Waals surface area contributed by atoms with Crippen molar-refractivity contribution in [2.45, 2.75) is 5.92 Å². The van der Waals surface area contributed by atoms with Gasteiger partial charge in [-0.3, -0.25) is 9.78 Å². The zero-order valence-electron chi connectivity index (χ0n) is 12.8. The Morgan fingerprint density at radius 2 is 1.61 bits per heavy atom. The Hall–Kier alpha value is -2.94. The molecule has 1 heterocycles. The Morgan fingerprint density at radius 1 is 0.913 bits per heavy atom. The van der Waals surface area contributed by atoms with Gasteiger partial charge in [-0.2, -0.15) is 0 Å². The second kappa shape index (κ2) is 6.88. The standard InChI is InChI=1S/C20H17NO2/c1-23-17-12-10-16(11-13-17)20(22)19(15-7-3-2-4-8-15)18-9-5-6-14-21-18/h2-14,19H,1H3/t19-/m1/s1. The molecule has 0 N–H and O–H groups in total. The summed E-state index contributed by atoms with van der Waals surface area (Å²) in [6.07, 6.45) is 1.71. The van der Waals surface area contributed by atoms with Gasteiger partial charge in [-0.15, -0.1) is 0 Å². The Kier molecular flexibility index (Phi) is 4.48. The summed E-state index contributed by atoms with van der Waals surface area (Å²) in [5.41, 5.74) is 2.33. The van der Waals surface area contributed by atoms with E-state index in [0.717, 1.165) is 17.0 Å². The van der Waals surface area contributed by atoms with Crippen molar-refractivity contribution in [3.63, 3.8) is 0 Å². The summed E-state index contributed by atoms with van der Waals surface area (Å²) in [5, 5.41) is 0. The molecule has 0 amide bonds. The molecule has 0 bridgehead atoms. The molecule has 0 saturated carbocycles. The number of carbonyl (C=O) groups excluding carboxylic acids is 1. The van der Waals surface area contributed by atoms with Crippen molar-refractivity contribution in [2.24, 2.45) is 0 Å². The maximum absolute atomic E-state index is 13.1. The molecule has 3 aromatic rings. The number of nitrogens with zero attached hydrogens (tertiary/aromatic N) is 1. The molecule has 1 aromatic heterocycles. The monoisotopic (exact) mass is 303 g/mol. The first-order valence-electron chi connectivity index (χ1n) is 7.44. The molecule has 0 aliphatic rings. The minimum atomic E-state index is -0.411. The van der Waals surface area contributed by atoms with Crippen molar-refractivity contribution in [1.82, 2.24) is 4.98 Å². The highest BCUT2D eigenvalue weighted by molar-refractivity contribution is 6.02. The van der Waals surface area contributed by atoms with Gasteiger partial charge in [0.1, 0.15) is 5.75 Å². The van der Waals surface area contributed by atoms with Gasteiger partial charge in [0.15, 0.2) is 5.78 Å². The van der Waals surface area contributed by atoms with E-state index >= 15 is 0 Å². The van der Waals surface area contributed by atoms with Crippen LogP contribution in [-0.2, 0) is 0 Å².